The molecule has 0 saturated carbocycles. The van der Waals surface area contributed by atoms with E-state index in [4.69, 9.17) is 11.6 Å². The van der Waals surface area contributed by atoms with Crippen LogP contribution in [-0.4, -0.2) is 16.3 Å². The van der Waals surface area contributed by atoms with Crippen molar-refractivity contribution < 1.29 is 8.78 Å². The number of hydrogen-bond acceptors (Lipinski definition) is 2. The lowest BCUT2D eigenvalue weighted by molar-refractivity contribution is 0.141. The summed E-state index contributed by atoms with van der Waals surface area (Å²) in [5.41, 5.74) is 0.951. The predicted octanol–water partition coefficient (Wildman–Crippen LogP) is 4.21. The van der Waals surface area contributed by atoms with E-state index in [0.717, 1.165) is 6.54 Å². The zero-order chi connectivity index (χ0) is 15.4. The van der Waals surface area contributed by atoms with Crippen molar-refractivity contribution in [3.8, 4) is 5.69 Å². The molecule has 0 atom stereocenters. The van der Waals surface area contributed by atoms with Gasteiger partial charge in [0.2, 0.25) is 0 Å². The highest BCUT2D eigenvalue weighted by atomic mass is 35.5. The summed E-state index contributed by atoms with van der Waals surface area (Å²) >= 11 is 5.91. The first-order chi connectivity index (χ1) is 9.99. The number of halogens is 3. The average molecular weight is 314 g/mol. The molecule has 1 aromatic heterocycles. The Bertz CT molecular complexity index is 596. The van der Waals surface area contributed by atoms with Crippen LogP contribution in [-0.2, 0) is 6.54 Å². The molecule has 2 aromatic rings. The number of alkyl halides is 2. The Kier molecular flexibility index (Phi) is 5.31. The standard InChI is InChI=1S/C15H18ClF2N3/c1-10(2)7-19-8-11-9-20-21(14(11)15(17)18)13-5-3-4-12(16)6-13/h3-6,9-10,15,19H,7-8H2,1-2H3. The molecule has 114 valence electrons. The molecule has 1 N–H and O–H groups in total. The van der Waals surface area contributed by atoms with E-state index in [0.29, 0.717) is 28.7 Å². The lowest BCUT2D eigenvalue weighted by atomic mass is 10.2. The lowest BCUT2D eigenvalue weighted by Crippen LogP contribution is -2.19. The minimum Gasteiger partial charge on any atom is -0.312 e. The van der Waals surface area contributed by atoms with Gasteiger partial charge in [-0.2, -0.15) is 5.10 Å². The fraction of sp³-hybridized carbons (Fsp3) is 0.400. The number of nitrogens with zero attached hydrogens (tertiary/aromatic N) is 2. The van der Waals surface area contributed by atoms with Gasteiger partial charge in [0, 0.05) is 17.1 Å². The Morgan fingerprint density at radius 3 is 2.71 bits per heavy atom. The van der Waals surface area contributed by atoms with Gasteiger partial charge in [0.25, 0.3) is 6.43 Å². The zero-order valence-electron chi connectivity index (χ0n) is 12.0. The van der Waals surface area contributed by atoms with Crippen molar-refractivity contribution in [2.24, 2.45) is 5.92 Å². The number of aromatic nitrogens is 2. The van der Waals surface area contributed by atoms with Gasteiger partial charge in [-0.3, -0.25) is 0 Å². The van der Waals surface area contributed by atoms with Crippen molar-refractivity contribution >= 4 is 11.6 Å². The van der Waals surface area contributed by atoms with Gasteiger partial charge in [-0.25, -0.2) is 13.5 Å². The third-order valence-electron chi connectivity index (χ3n) is 3.01. The van der Waals surface area contributed by atoms with E-state index in [9.17, 15) is 8.78 Å². The molecule has 6 heteroatoms. The van der Waals surface area contributed by atoms with Gasteiger partial charge < -0.3 is 5.32 Å². The van der Waals surface area contributed by atoms with E-state index < -0.39 is 6.43 Å². The molecule has 0 saturated heterocycles. The predicted molar refractivity (Wildman–Crippen MR) is 80.1 cm³/mol. The second kappa shape index (κ2) is 7.00. The molecule has 0 aliphatic rings. The first-order valence-corrected chi connectivity index (χ1v) is 7.18. The van der Waals surface area contributed by atoms with Crippen molar-refractivity contribution in [2.75, 3.05) is 6.54 Å². The molecule has 0 spiro atoms. The van der Waals surface area contributed by atoms with E-state index in [-0.39, 0.29) is 5.69 Å². The van der Waals surface area contributed by atoms with E-state index in [1.807, 2.05) is 0 Å². The summed E-state index contributed by atoms with van der Waals surface area (Å²) in [5.74, 6) is 0.461. The van der Waals surface area contributed by atoms with Crippen molar-refractivity contribution in [2.45, 2.75) is 26.8 Å². The summed E-state index contributed by atoms with van der Waals surface area (Å²) in [7, 11) is 0. The number of benzene rings is 1. The molecule has 0 amide bonds. The molecule has 0 fully saturated rings. The van der Waals surface area contributed by atoms with Gasteiger partial charge in [-0.15, -0.1) is 0 Å². The smallest absolute Gasteiger partial charge is 0.280 e. The van der Waals surface area contributed by atoms with Gasteiger partial charge in [0.05, 0.1) is 11.9 Å². The van der Waals surface area contributed by atoms with Gasteiger partial charge in [0.1, 0.15) is 5.69 Å². The van der Waals surface area contributed by atoms with Crippen molar-refractivity contribution in [1.29, 1.82) is 0 Å². The van der Waals surface area contributed by atoms with Crippen LogP contribution in [0.15, 0.2) is 30.5 Å². The summed E-state index contributed by atoms with van der Waals surface area (Å²) in [5, 5.41) is 7.73. The number of hydrogen-bond donors (Lipinski definition) is 1. The molecule has 0 aliphatic heterocycles. The largest absolute Gasteiger partial charge is 0.312 e. The molecule has 21 heavy (non-hydrogen) atoms. The van der Waals surface area contributed by atoms with Gasteiger partial charge in [-0.05, 0) is 30.7 Å². The second-order valence-electron chi connectivity index (χ2n) is 5.27. The Balaban J connectivity index is 2.28. The maximum atomic E-state index is 13.4. The third kappa shape index (κ3) is 4.02. The Morgan fingerprint density at radius 1 is 1.33 bits per heavy atom. The molecule has 0 bridgehead atoms. The molecule has 0 unspecified atom stereocenters. The summed E-state index contributed by atoms with van der Waals surface area (Å²) in [6.45, 7) is 5.27. The Labute approximate surface area is 127 Å². The van der Waals surface area contributed by atoms with Crippen molar-refractivity contribution in [3.05, 3.63) is 46.7 Å². The highest BCUT2D eigenvalue weighted by molar-refractivity contribution is 6.30. The van der Waals surface area contributed by atoms with Crippen LogP contribution in [0.5, 0.6) is 0 Å². The van der Waals surface area contributed by atoms with Gasteiger partial charge in [-0.1, -0.05) is 31.5 Å². The van der Waals surface area contributed by atoms with Crippen LogP contribution in [0, 0.1) is 5.92 Å². The molecular weight excluding hydrogens is 296 g/mol. The quantitative estimate of drug-likeness (QED) is 0.866. The molecule has 0 aliphatic carbocycles. The summed E-state index contributed by atoms with van der Waals surface area (Å²) in [6.07, 6.45) is -1.11. The first-order valence-electron chi connectivity index (χ1n) is 6.80. The minimum absolute atomic E-state index is 0.0893. The highest BCUT2D eigenvalue weighted by Crippen LogP contribution is 2.26. The molecule has 3 nitrogen and oxygen atoms in total. The Hall–Kier alpha value is -1.46. The van der Waals surface area contributed by atoms with E-state index in [1.54, 1.807) is 24.3 Å². The van der Waals surface area contributed by atoms with Crippen molar-refractivity contribution in [3.63, 3.8) is 0 Å². The van der Waals surface area contributed by atoms with Gasteiger partial charge >= 0.3 is 0 Å². The first kappa shape index (κ1) is 15.9. The Morgan fingerprint density at radius 2 is 2.10 bits per heavy atom. The summed E-state index contributed by atoms with van der Waals surface area (Å²) in [4.78, 5) is 0. The molecule has 1 aromatic carbocycles. The molecule has 1 heterocycles. The van der Waals surface area contributed by atoms with Crippen LogP contribution in [0.4, 0.5) is 8.78 Å². The van der Waals surface area contributed by atoms with E-state index >= 15 is 0 Å². The third-order valence-corrected chi connectivity index (χ3v) is 3.25. The van der Waals surface area contributed by atoms with E-state index in [2.05, 4.69) is 24.3 Å². The van der Waals surface area contributed by atoms with Crippen LogP contribution in [0.2, 0.25) is 5.02 Å². The second-order valence-corrected chi connectivity index (χ2v) is 5.71. The molecular formula is C15H18ClF2N3. The average Bonchev–Trinajstić information content (AvgIpc) is 2.82. The maximum absolute atomic E-state index is 13.4. The van der Waals surface area contributed by atoms with Crippen molar-refractivity contribution in [1.82, 2.24) is 15.1 Å². The van der Waals surface area contributed by atoms with Crippen LogP contribution < -0.4 is 5.32 Å². The minimum atomic E-state index is -2.60. The van der Waals surface area contributed by atoms with Crippen LogP contribution in [0.25, 0.3) is 5.69 Å². The zero-order valence-corrected chi connectivity index (χ0v) is 12.7. The topological polar surface area (TPSA) is 29.9 Å². The number of rotatable bonds is 6. The van der Waals surface area contributed by atoms with E-state index in [1.165, 1.54) is 10.9 Å². The fourth-order valence-corrected chi connectivity index (χ4v) is 2.25. The van der Waals surface area contributed by atoms with Crippen LogP contribution >= 0.6 is 11.6 Å². The molecule has 0 radical (unpaired) electrons. The van der Waals surface area contributed by atoms with Gasteiger partial charge in [0.15, 0.2) is 0 Å². The highest BCUT2D eigenvalue weighted by Gasteiger charge is 2.20. The summed E-state index contributed by atoms with van der Waals surface area (Å²) < 4.78 is 28.0. The molecule has 2 rings (SSSR count). The van der Waals surface area contributed by atoms with Crippen LogP contribution in [0.3, 0.4) is 0 Å². The monoisotopic (exact) mass is 313 g/mol. The van der Waals surface area contributed by atoms with Crippen LogP contribution in [0.1, 0.15) is 31.5 Å². The maximum Gasteiger partial charge on any atom is 0.280 e. The lowest BCUT2D eigenvalue weighted by Gasteiger charge is -2.10. The normalized spacial score (nSPS) is 11.6. The SMILES string of the molecule is CC(C)CNCc1cnn(-c2cccc(Cl)c2)c1C(F)F. The summed E-state index contributed by atoms with van der Waals surface area (Å²) in [6, 6.07) is 6.73. The number of nitrogens with one attached hydrogen (secondary N) is 1. The fourth-order valence-electron chi connectivity index (χ4n) is 2.07.